The summed E-state index contributed by atoms with van der Waals surface area (Å²) in [5, 5.41) is 12.0. The van der Waals surface area contributed by atoms with Gasteiger partial charge in [-0.05, 0) is 29.1 Å². The van der Waals surface area contributed by atoms with Crippen LogP contribution in [0.3, 0.4) is 0 Å². The molecule has 0 aliphatic carbocycles. The molecular formula is C13H13FO3S. The van der Waals surface area contributed by atoms with Gasteiger partial charge in [0, 0.05) is 0 Å². The van der Waals surface area contributed by atoms with E-state index in [1.54, 1.807) is 12.1 Å². The third-order valence-corrected chi connectivity index (χ3v) is 3.57. The van der Waals surface area contributed by atoms with Crippen molar-refractivity contribution in [2.75, 3.05) is 14.2 Å². The molecule has 1 unspecified atom stereocenters. The summed E-state index contributed by atoms with van der Waals surface area (Å²) in [5.41, 5.74) is 0.467. The van der Waals surface area contributed by atoms with Gasteiger partial charge in [-0.15, -0.1) is 11.3 Å². The van der Waals surface area contributed by atoms with Crippen molar-refractivity contribution in [1.82, 2.24) is 0 Å². The van der Waals surface area contributed by atoms with Gasteiger partial charge < -0.3 is 14.6 Å². The Bertz CT molecular complexity index is 539. The van der Waals surface area contributed by atoms with Crippen molar-refractivity contribution >= 4 is 11.3 Å². The Hall–Kier alpha value is -1.59. The number of hydrogen-bond acceptors (Lipinski definition) is 4. The quantitative estimate of drug-likeness (QED) is 0.926. The molecule has 1 N–H and O–H groups in total. The van der Waals surface area contributed by atoms with Crippen molar-refractivity contribution < 1.29 is 19.0 Å². The standard InChI is InChI=1S/C13H13FO3S/c1-16-10-4-3-8(7-9(10)14)12(15)13-11(17-2)5-6-18-13/h3-7,12,15H,1-2H3. The highest BCUT2D eigenvalue weighted by atomic mass is 32.1. The fourth-order valence-corrected chi connectivity index (χ4v) is 2.55. The molecule has 0 amide bonds. The SMILES string of the molecule is COc1ccc(C(O)c2sccc2OC)cc1F. The second-order valence-corrected chi connectivity index (χ2v) is 4.60. The van der Waals surface area contributed by atoms with Gasteiger partial charge in [-0.1, -0.05) is 6.07 Å². The van der Waals surface area contributed by atoms with E-state index in [-0.39, 0.29) is 5.75 Å². The van der Waals surface area contributed by atoms with Crippen LogP contribution in [0, 0.1) is 5.82 Å². The summed E-state index contributed by atoms with van der Waals surface area (Å²) < 4.78 is 23.5. The lowest BCUT2D eigenvalue weighted by Crippen LogP contribution is -2.00. The summed E-state index contributed by atoms with van der Waals surface area (Å²) in [6.45, 7) is 0. The fourth-order valence-electron chi connectivity index (χ4n) is 1.68. The van der Waals surface area contributed by atoms with E-state index in [1.807, 2.05) is 5.38 Å². The van der Waals surface area contributed by atoms with Crippen LogP contribution in [-0.4, -0.2) is 19.3 Å². The van der Waals surface area contributed by atoms with Crippen molar-refractivity contribution in [3.8, 4) is 11.5 Å². The molecule has 1 aromatic carbocycles. The Morgan fingerprint density at radius 3 is 2.50 bits per heavy atom. The summed E-state index contributed by atoms with van der Waals surface area (Å²) in [5.74, 6) is 0.261. The molecule has 1 atom stereocenters. The van der Waals surface area contributed by atoms with Gasteiger partial charge >= 0.3 is 0 Å². The van der Waals surface area contributed by atoms with Gasteiger partial charge in [-0.25, -0.2) is 4.39 Å². The summed E-state index contributed by atoms with van der Waals surface area (Å²) in [7, 11) is 2.93. The highest BCUT2D eigenvalue weighted by molar-refractivity contribution is 7.10. The molecule has 3 nitrogen and oxygen atoms in total. The minimum Gasteiger partial charge on any atom is -0.495 e. The minimum atomic E-state index is -0.902. The van der Waals surface area contributed by atoms with Crippen LogP contribution < -0.4 is 9.47 Å². The van der Waals surface area contributed by atoms with Crippen LogP contribution in [0.5, 0.6) is 11.5 Å². The summed E-state index contributed by atoms with van der Waals surface area (Å²) in [6, 6.07) is 6.16. The second-order valence-electron chi connectivity index (χ2n) is 3.65. The van der Waals surface area contributed by atoms with E-state index >= 15 is 0 Å². The molecule has 18 heavy (non-hydrogen) atoms. The number of thiophene rings is 1. The van der Waals surface area contributed by atoms with Crippen molar-refractivity contribution in [3.05, 3.63) is 45.9 Å². The number of halogens is 1. The Morgan fingerprint density at radius 2 is 1.89 bits per heavy atom. The fraction of sp³-hybridized carbons (Fsp3) is 0.231. The zero-order chi connectivity index (χ0) is 13.1. The molecule has 1 heterocycles. The Balaban J connectivity index is 2.34. The van der Waals surface area contributed by atoms with Crippen molar-refractivity contribution in [3.63, 3.8) is 0 Å². The van der Waals surface area contributed by atoms with Crippen LogP contribution in [0.15, 0.2) is 29.6 Å². The van der Waals surface area contributed by atoms with E-state index in [0.717, 1.165) is 0 Å². The van der Waals surface area contributed by atoms with E-state index < -0.39 is 11.9 Å². The van der Waals surface area contributed by atoms with Gasteiger partial charge in [0.25, 0.3) is 0 Å². The lowest BCUT2D eigenvalue weighted by atomic mass is 10.1. The zero-order valence-electron chi connectivity index (χ0n) is 10.0. The molecular weight excluding hydrogens is 255 g/mol. The lowest BCUT2D eigenvalue weighted by molar-refractivity contribution is 0.218. The molecule has 0 radical (unpaired) electrons. The Labute approximate surface area is 108 Å². The molecule has 2 rings (SSSR count). The smallest absolute Gasteiger partial charge is 0.165 e. The monoisotopic (exact) mass is 268 g/mol. The molecule has 0 aliphatic rings. The third-order valence-electron chi connectivity index (χ3n) is 2.62. The van der Waals surface area contributed by atoms with Gasteiger partial charge in [0.2, 0.25) is 0 Å². The highest BCUT2D eigenvalue weighted by Crippen LogP contribution is 2.35. The molecule has 96 valence electrons. The average Bonchev–Trinajstić information content (AvgIpc) is 2.86. The maximum absolute atomic E-state index is 13.6. The van der Waals surface area contributed by atoms with E-state index in [9.17, 15) is 9.50 Å². The first-order chi connectivity index (χ1) is 8.67. The van der Waals surface area contributed by atoms with Crippen LogP contribution in [0.25, 0.3) is 0 Å². The number of hydrogen-bond donors (Lipinski definition) is 1. The van der Waals surface area contributed by atoms with E-state index in [2.05, 4.69) is 0 Å². The number of methoxy groups -OCH3 is 2. The number of benzene rings is 1. The molecule has 2 aromatic rings. The van der Waals surface area contributed by atoms with Crippen LogP contribution in [0.1, 0.15) is 16.5 Å². The van der Waals surface area contributed by atoms with Crippen LogP contribution >= 0.6 is 11.3 Å². The average molecular weight is 268 g/mol. The first-order valence-corrected chi connectivity index (χ1v) is 6.18. The summed E-state index contributed by atoms with van der Waals surface area (Å²) in [4.78, 5) is 0.655. The molecule has 5 heteroatoms. The van der Waals surface area contributed by atoms with Crippen molar-refractivity contribution in [2.24, 2.45) is 0 Å². The Morgan fingerprint density at radius 1 is 1.17 bits per heavy atom. The maximum Gasteiger partial charge on any atom is 0.165 e. The molecule has 0 saturated heterocycles. The number of rotatable bonds is 4. The molecule has 0 aliphatic heterocycles. The van der Waals surface area contributed by atoms with Gasteiger partial charge in [-0.3, -0.25) is 0 Å². The zero-order valence-corrected chi connectivity index (χ0v) is 10.8. The van der Waals surface area contributed by atoms with Crippen molar-refractivity contribution in [2.45, 2.75) is 6.10 Å². The maximum atomic E-state index is 13.6. The summed E-state index contributed by atoms with van der Waals surface area (Å²) in [6.07, 6.45) is -0.902. The highest BCUT2D eigenvalue weighted by Gasteiger charge is 2.18. The number of aliphatic hydroxyl groups is 1. The molecule has 0 bridgehead atoms. The lowest BCUT2D eigenvalue weighted by Gasteiger charge is -2.12. The minimum absolute atomic E-state index is 0.157. The van der Waals surface area contributed by atoms with Gasteiger partial charge in [0.15, 0.2) is 11.6 Å². The Kier molecular flexibility index (Phi) is 3.84. The van der Waals surface area contributed by atoms with Crippen LogP contribution in [0.2, 0.25) is 0 Å². The topological polar surface area (TPSA) is 38.7 Å². The molecule has 0 spiro atoms. The molecule has 1 aromatic heterocycles. The van der Waals surface area contributed by atoms with Gasteiger partial charge in [0.1, 0.15) is 11.9 Å². The largest absolute Gasteiger partial charge is 0.495 e. The van der Waals surface area contributed by atoms with Crippen LogP contribution in [-0.2, 0) is 0 Å². The predicted octanol–water partition coefficient (Wildman–Crippen LogP) is 2.99. The van der Waals surface area contributed by atoms with Gasteiger partial charge in [-0.2, -0.15) is 0 Å². The molecule has 0 fully saturated rings. The van der Waals surface area contributed by atoms with E-state index in [0.29, 0.717) is 16.2 Å². The third kappa shape index (κ3) is 2.32. The van der Waals surface area contributed by atoms with E-state index in [4.69, 9.17) is 9.47 Å². The van der Waals surface area contributed by atoms with Crippen LogP contribution in [0.4, 0.5) is 4.39 Å². The number of aliphatic hydroxyl groups excluding tert-OH is 1. The first-order valence-electron chi connectivity index (χ1n) is 5.30. The second kappa shape index (κ2) is 5.37. The predicted molar refractivity (Wildman–Crippen MR) is 67.9 cm³/mol. The molecule has 0 saturated carbocycles. The number of ether oxygens (including phenoxy) is 2. The van der Waals surface area contributed by atoms with E-state index in [1.165, 1.54) is 37.7 Å². The summed E-state index contributed by atoms with van der Waals surface area (Å²) >= 11 is 1.36. The first kappa shape index (κ1) is 12.9. The normalized spacial score (nSPS) is 12.2. The van der Waals surface area contributed by atoms with Gasteiger partial charge in [0.05, 0.1) is 19.1 Å². The van der Waals surface area contributed by atoms with Crippen molar-refractivity contribution in [1.29, 1.82) is 0 Å².